The first-order valence-corrected chi connectivity index (χ1v) is 8.77. The molecule has 0 aliphatic rings. The lowest BCUT2D eigenvalue weighted by molar-refractivity contribution is 0.0963. The molecule has 0 aromatic heterocycles. The summed E-state index contributed by atoms with van der Waals surface area (Å²) < 4.78 is 0.699. The Bertz CT molecular complexity index is 724. The maximum absolute atomic E-state index is 12.3. The van der Waals surface area contributed by atoms with Crippen molar-refractivity contribution in [3.63, 3.8) is 0 Å². The molecule has 22 heavy (non-hydrogen) atoms. The van der Waals surface area contributed by atoms with Crippen LogP contribution < -0.4 is 16.6 Å². The summed E-state index contributed by atoms with van der Waals surface area (Å²) in [6.45, 7) is 1.90. The maximum atomic E-state index is 12.3. The third-order valence-electron chi connectivity index (χ3n) is 2.99. The van der Waals surface area contributed by atoms with Crippen LogP contribution in [-0.4, -0.2) is 12.2 Å². The molecule has 0 saturated carbocycles. The van der Waals surface area contributed by atoms with Gasteiger partial charge in [-0.15, -0.1) is 11.8 Å². The Morgan fingerprint density at radius 2 is 2.05 bits per heavy atom. The minimum Gasteiger partial charge on any atom is -0.397 e. The minimum atomic E-state index is -0.311. The molecule has 2 aromatic rings. The van der Waals surface area contributed by atoms with Crippen LogP contribution in [0.5, 0.6) is 0 Å². The van der Waals surface area contributed by atoms with Gasteiger partial charge in [-0.05, 0) is 65.0 Å². The highest BCUT2D eigenvalue weighted by Gasteiger charge is 2.13. The van der Waals surface area contributed by atoms with Gasteiger partial charge in [0.25, 0.3) is 5.91 Å². The third kappa shape index (κ3) is 3.88. The lowest BCUT2D eigenvalue weighted by Gasteiger charge is -2.14. The van der Waals surface area contributed by atoms with E-state index in [0.29, 0.717) is 20.7 Å². The molecule has 0 fully saturated rings. The number of anilines is 2. The van der Waals surface area contributed by atoms with Crippen LogP contribution in [0.15, 0.2) is 39.7 Å². The monoisotopic (exact) mass is 399 g/mol. The fourth-order valence-corrected chi connectivity index (χ4v) is 3.19. The van der Waals surface area contributed by atoms with E-state index in [1.807, 2.05) is 25.3 Å². The summed E-state index contributed by atoms with van der Waals surface area (Å²) in [6.07, 6.45) is 1.95. The Hall–Kier alpha value is -1.37. The van der Waals surface area contributed by atoms with Gasteiger partial charge in [-0.2, -0.15) is 0 Å². The van der Waals surface area contributed by atoms with Crippen molar-refractivity contribution in [3.8, 4) is 0 Å². The molecule has 116 valence electrons. The number of rotatable bonds is 4. The van der Waals surface area contributed by atoms with Gasteiger partial charge in [-0.3, -0.25) is 15.6 Å². The number of carbonyl (C=O) groups excluding carboxylic acids is 1. The van der Waals surface area contributed by atoms with Gasteiger partial charge >= 0.3 is 0 Å². The van der Waals surface area contributed by atoms with Gasteiger partial charge in [0.1, 0.15) is 0 Å². The standard InChI is InChI=1S/C15H15BrClN3OS/c1-8-5-10(14(18)11(16)6-8)15(21)20-19-12-7-9(17)3-4-13(12)22-2/h3-7,19H,18H2,1-2H3,(H,20,21). The number of hydrogen-bond acceptors (Lipinski definition) is 4. The van der Waals surface area contributed by atoms with Crippen LogP contribution in [0.1, 0.15) is 15.9 Å². The highest BCUT2D eigenvalue weighted by molar-refractivity contribution is 9.10. The van der Waals surface area contributed by atoms with Gasteiger partial charge in [0.05, 0.1) is 16.9 Å². The number of aryl methyl sites for hydroxylation is 1. The first-order valence-electron chi connectivity index (χ1n) is 6.38. The predicted octanol–water partition coefficient (Wildman–Crippen LogP) is 4.47. The van der Waals surface area contributed by atoms with Gasteiger partial charge in [0, 0.05) is 14.4 Å². The van der Waals surface area contributed by atoms with Crippen LogP contribution in [0.4, 0.5) is 11.4 Å². The van der Waals surface area contributed by atoms with E-state index in [0.717, 1.165) is 16.1 Å². The van der Waals surface area contributed by atoms with Gasteiger partial charge in [0.2, 0.25) is 0 Å². The number of halogens is 2. The van der Waals surface area contributed by atoms with Crippen molar-refractivity contribution in [1.82, 2.24) is 5.43 Å². The Balaban J connectivity index is 2.19. The minimum absolute atomic E-state index is 0.311. The second kappa shape index (κ2) is 7.26. The normalized spacial score (nSPS) is 10.4. The number of nitrogens with one attached hydrogen (secondary N) is 2. The number of hydrogen-bond donors (Lipinski definition) is 3. The number of hydrazine groups is 1. The SMILES string of the molecule is CSc1ccc(Cl)cc1NNC(=O)c1cc(C)cc(Br)c1N. The van der Waals surface area contributed by atoms with Crippen LogP contribution >= 0.6 is 39.3 Å². The zero-order valence-corrected chi connectivity index (χ0v) is 15.2. The Morgan fingerprint density at radius 1 is 1.32 bits per heavy atom. The summed E-state index contributed by atoms with van der Waals surface area (Å²) in [7, 11) is 0. The predicted molar refractivity (Wildman–Crippen MR) is 97.6 cm³/mol. The fraction of sp³-hybridized carbons (Fsp3) is 0.133. The number of amides is 1. The van der Waals surface area contributed by atoms with E-state index in [2.05, 4.69) is 26.8 Å². The van der Waals surface area contributed by atoms with E-state index in [9.17, 15) is 4.79 Å². The average molecular weight is 401 g/mol. The van der Waals surface area contributed by atoms with Crippen LogP contribution in [-0.2, 0) is 0 Å². The molecule has 2 aromatic carbocycles. The number of carbonyl (C=O) groups is 1. The van der Waals surface area contributed by atoms with Crippen LogP contribution in [0.25, 0.3) is 0 Å². The van der Waals surface area contributed by atoms with Crippen LogP contribution in [0.2, 0.25) is 5.02 Å². The molecule has 7 heteroatoms. The second-order valence-electron chi connectivity index (χ2n) is 4.63. The summed E-state index contributed by atoms with van der Waals surface area (Å²) in [4.78, 5) is 13.3. The van der Waals surface area contributed by atoms with Gasteiger partial charge in [0.15, 0.2) is 0 Å². The van der Waals surface area contributed by atoms with Crippen molar-refractivity contribution in [2.24, 2.45) is 0 Å². The van der Waals surface area contributed by atoms with E-state index in [4.69, 9.17) is 17.3 Å². The molecule has 0 aliphatic heterocycles. The van der Waals surface area contributed by atoms with Gasteiger partial charge in [-0.25, -0.2) is 0 Å². The molecular formula is C15H15BrClN3OS. The maximum Gasteiger partial charge on any atom is 0.271 e. The van der Waals surface area contributed by atoms with Crippen LogP contribution in [0.3, 0.4) is 0 Å². The number of benzene rings is 2. The average Bonchev–Trinajstić information content (AvgIpc) is 2.48. The quantitative estimate of drug-likeness (QED) is 0.402. The smallest absolute Gasteiger partial charge is 0.271 e. The molecule has 0 heterocycles. The molecule has 0 atom stereocenters. The molecule has 0 unspecified atom stereocenters. The largest absolute Gasteiger partial charge is 0.397 e. The lowest BCUT2D eigenvalue weighted by Crippen LogP contribution is -2.30. The topological polar surface area (TPSA) is 67.1 Å². The molecule has 0 radical (unpaired) electrons. The van der Waals surface area contributed by atoms with Crippen LogP contribution in [0, 0.1) is 6.92 Å². The molecule has 0 spiro atoms. The summed E-state index contributed by atoms with van der Waals surface area (Å²) in [5.41, 5.74) is 14.0. The Labute approximate surface area is 146 Å². The molecule has 0 saturated heterocycles. The molecule has 2 rings (SSSR count). The lowest BCUT2D eigenvalue weighted by atomic mass is 10.1. The highest BCUT2D eigenvalue weighted by atomic mass is 79.9. The van der Waals surface area contributed by atoms with Crippen molar-refractivity contribution < 1.29 is 4.79 Å². The molecule has 0 bridgehead atoms. The van der Waals surface area contributed by atoms with E-state index in [1.165, 1.54) is 0 Å². The summed E-state index contributed by atoms with van der Waals surface area (Å²) in [6, 6.07) is 9.05. The third-order valence-corrected chi connectivity index (χ3v) is 4.68. The van der Waals surface area contributed by atoms with Gasteiger partial charge in [-0.1, -0.05) is 11.6 Å². The van der Waals surface area contributed by atoms with Crippen molar-refractivity contribution in [2.75, 3.05) is 17.4 Å². The highest BCUT2D eigenvalue weighted by Crippen LogP contribution is 2.28. The first kappa shape index (κ1) is 17.0. The van der Waals surface area contributed by atoms with Gasteiger partial charge < -0.3 is 5.73 Å². The molecular weight excluding hydrogens is 386 g/mol. The molecule has 1 amide bonds. The van der Waals surface area contributed by atoms with E-state index in [-0.39, 0.29) is 5.91 Å². The number of thioether (sulfide) groups is 1. The number of nitrogen functional groups attached to an aromatic ring is 1. The first-order chi connectivity index (χ1) is 10.4. The summed E-state index contributed by atoms with van der Waals surface area (Å²) >= 11 is 10.9. The van der Waals surface area contributed by atoms with Crippen molar-refractivity contribution in [1.29, 1.82) is 0 Å². The molecule has 4 nitrogen and oxygen atoms in total. The van der Waals surface area contributed by atoms with E-state index in [1.54, 1.807) is 30.0 Å². The Morgan fingerprint density at radius 3 is 2.73 bits per heavy atom. The van der Waals surface area contributed by atoms with E-state index >= 15 is 0 Å². The summed E-state index contributed by atoms with van der Waals surface area (Å²) in [5.74, 6) is -0.311. The van der Waals surface area contributed by atoms with Crippen molar-refractivity contribution in [2.45, 2.75) is 11.8 Å². The second-order valence-corrected chi connectivity index (χ2v) is 6.77. The Kier molecular flexibility index (Phi) is 5.61. The van der Waals surface area contributed by atoms with Crippen molar-refractivity contribution in [3.05, 3.63) is 51.0 Å². The zero-order chi connectivity index (χ0) is 16.3. The van der Waals surface area contributed by atoms with E-state index < -0.39 is 0 Å². The fourth-order valence-electron chi connectivity index (χ4n) is 1.91. The summed E-state index contributed by atoms with van der Waals surface area (Å²) in [5, 5.41) is 0.590. The molecule has 4 N–H and O–H groups in total. The molecule has 0 aliphatic carbocycles. The van der Waals surface area contributed by atoms with Crippen molar-refractivity contribution >= 4 is 56.6 Å². The zero-order valence-electron chi connectivity index (χ0n) is 12.0. The number of nitrogens with two attached hydrogens (primary N) is 1.